The van der Waals surface area contributed by atoms with E-state index in [2.05, 4.69) is 27.0 Å². The summed E-state index contributed by atoms with van der Waals surface area (Å²) in [5, 5.41) is 2.29. The molecule has 0 aromatic carbocycles. The fourth-order valence-corrected chi connectivity index (χ4v) is 2.74. The predicted molar refractivity (Wildman–Crippen MR) is 69.4 cm³/mol. The molecule has 0 aliphatic carbocycles. The standard InChI is InChI=1S/C12H27N5/c1-3-7-12-8-4-2-6-10-17(9-5-1)16-15-14-13-11-12/h12-16H,1-11H2. The zero-order valence-corrected chi connectivity index (χ0v) is 10.8. The molecule has 0 aromatic rings. The quantitative estimate of drug-likeness (QED) is 0.511. The van der Waals surface area contributed by atoms with E-state index in [-0.39, 0.29) is 0 Å². The third-order valence-corrected chi connectivity index (χ3v) is 3.84. The van der Waals surface area contributed by atoms with Crippen molar-refractivity contribution in [3.8, 4) is 0 Å². The molecule has 5 heteroatoms. The van der Waals surface area contributed by atoms with E-state index in [4.69, 9.17) is 0 Å². The van der Waals surface area contributed by atoms with E-state index in [9.17, 15) is 0 Å². The number of hydrogen-bond acceptors (Lipinski definition) is 5. The number of nitrogens with one attached hydrogen (secondary N) is 4. The van der Waals surface area contributed by atoms with Crippen LogP contribution in [0.3, 0.4) is 0 Å². The van der Waals surface area contributed by atoms with Gasteiger partial charge in [-0.25, -0.2) is 10.4 Å². The second-order valence-corrected chi connectivity index (χ2v) is 5.29. The van der Waals surface area contributed by atoms with Crippen LogP contribution >= 0.6 is 0 Å². The van der Waals surface area contributed by atoms with Crippen LogP contribution in [-0.4, -0.2) is 24.6 Å². The fourth-order valence-electron chi connectivity index (χ4n) is 2.74. The van der Waals surface area contributed by atoms with E-state index >= 15 is 0 Å². The molecule has 0 aromatic heterocycles. The molecule has 3 rings (SSSR count). The van der Waals surface area contributed by atoms with Crippen LogP contribution in [0.5, 0.6) is 0 Å². The van der Waals surface area contributed by atoms with E-state index in [1.54, 1.807) is 0 Å². The molecule has 0 amide bonds. The zero-order chi connectivity index (χ0) is 11.8. The molecule has 2 bridgehead atoms. The molecule has 3 saturated heterocycles. The van der Waals surface area contributed by atoms with Crippen LogP contribution in [0.15, 0.2) is 0 Å². The van der Waals surface area contributed by atoms with Gasteiger partial charge in [0.25, 0.3) is 0 Å². The minimum absolute atomic E-state index is 0.833. The average molecular weight is 241 g/mol. The number of hydrogen-bond donors (Lipinski definition) is 4. The molecule has 5 nitrogen and oxygen atoms in total. The van der Waals surface area contributed by atoms with Gasteiger partial charge in [0, 0.05) is 19.6 Å². The number of fused-ring (bicyclic) bond motifs is 12. The summed E-state index contributed by atoms with van der Waals surface area (Å²) in [7, 11) is 0. The molecular weight excluding hydrogens is 214 g/mol. The van der Waals surface area contributed by atoms with Gasteiger partial charge in [0.1, 0.15) is 0 Å². The first-order valence-corrected chi connectivity index (χ1v) is 7.18. The summed E-state index contributed by atoms with van der Waals surface area (Å²) in [5.74, 6) is 0.833. The van der Waals surface area contributed by atoms with Crippen LogP contribution in [-0.2, 0) is 0 Å². The average Bonchev–Trinajstić information content (AvgIpc) is 2.29. The van der Waals surface area contributed by atoms with Crippen LogP contribution in [0.1, 0.15) is 51.4 Å². The first-order valence-electron chi connectivity index (χ1n) is 7.18. The summed E-state index contributed by atoms with van der Waals surface area (Å²) in [4.78, 5) is 0. The van der Waals surface area contributed by atoms with Gasteiger partial charge in [0.05, 0.1) is 0 Å². The molecule has 0 unspecified atom stereocenters. The molecule has 0 saturated carbocycles. The number of rotatable bonds is 0. The lowest BCUT2D eigenvalue weighted by molar-refractivity contribution is 0.113. The Hall–Kier alpha value is -0.200. The molecule has 3 aliphatic rings. The van der Waals surface area contributed by atoms with Crippen molar-refractivity contribution < 1.29 is 0 Å². The SMILES string of the molecule is C1CCC2CCCCCN(CC1)NNNNC2. The molecule has 3 heterocycles. The second kappa shape index (κ2) is 8.00. The van der Waals surface area contributed by atoms with Crippen LogP contribution in [0.4, 0.5) is 0 Å². The summed E-state index contributed by atoms with van der Waals surface area (Å²) in [6, 6.07) is 0. The summed E-state index contributed by atoms with van der Waals surface area (Å²) in [6.07, 6.45) is 10.8. The minimum Gasteiger partial charge on any atom is -0.243 e. The maximum absolute atomic E-state index is 3.26. The van der Waals surface area contributed by atoms with Gasteiger partial charge in [0.15, 0.2) is 0 Å². The Labute approximate surface area is 105 Å². The summed E-state index contributed by atoms with van der Waals surface area (Å²) in [6.45, 7) is 3.34. The van der Waals surface area contributed by atoms with Gasteiger partial charge < -0.3 is 0 Å². The number of nitrogens with zero attached hydrogens (tertiary/aromatic N) is 1. The van der Waals surface area contributed by atoms with Crippen LogP contribution < -0.4 is 22.0 Å². The highest BCUT2D eigenvalue weighted by Crippen LogP contribution is 2.18. The lowest BCUT2D eigenvalue weighted by atomic mass is 9.94. The Morgan fingerprint density at radius 1 is 0.765 bits per heavy atom. The largest absolute Gasteiger partial charge is 0.243 e. The normalized spacial score (nSPS) is 33.9. The third kappa shape index (κ3) is 5.31. The molecule has 100 valence electrons. The molecular formula is C12H27N5. The van der Waals surface area contributed by atoms with E-state index in [0.29, 0.717) is 0 Å². The van der Waals surface area contributed by atoms with Crippen molar-refractivity contribution in [2.75, 3.05) is 19.6 Å². The first-order chi connectivity index (χ1) is 8.45. The molecule has 17 heavy (non-hydrogen) atoms. The summed E-state index contributed by atoms with van der Waals surface area (Å²) in [5.41, 5.74) is 12.5. The highest BCUT2D eigenvalue weighted by atomic mass is 15.8. The van der Waals surface area contributed by atoms with Crippen molar-refractivity contribution in [3.63, 3.8) is 0 Å². The molecule has 4 N–H and O–H groups in total. The molecule has 3 aliphatic heterocycles. The van der Waals surface area contributed by atoms with Crippen molar-refractivity contribution in [1.82, 2.24) is 27.0 Å². The Kier molecular flexibility index (Phi) is 6.23. The second-order valence-electron chi connectivity index (χ2n) is 5.29. The van der Waals surface area contributed by atoms with Gasteiger partial charge in [-0.3, -0.25) is 0 Å². The van der Waals surface area contributed by atoms with E-state index < -0.39 is 0 Å². The van der Waals surface area contributed by atoms with E-state index in [0.717, 1.165) is 25.6 Å². The molecule has 0 atom stereocenters. The maximum atomic E-state index is 3.26. The van der Waals surface area contributed by atoms with Gasteiger partial charge in [0.2, 0.25) is 0 Å². The topological polar surface area (TPSA) is 51.4 Å². The molecule has 0 radical (unpaired) electrons. The predicted octanol–water partition coefficient (Wildman–Crippen LogP) is 1.07. The van der Waals surface area contributed by atoms with Gasteiger partial charge in [-0.05, 0) is 31.6 Å². The van der Waals surface area contributed by atoms with Crippen molar-refractivity contribution >= 4 is 0 Å². The molecule has 0 spiro atoms. The van der Waals surface area contributed by atoms with Gasteiger partial charge in [-0.15, -0.1) is 0 Å². The highest BCUT2D eigenvalue weighted by Gasteiger charge is 2.12. The van der Waals surface area contributed by atoms with Crippen LogP contribution in [0.2, 0.25) is 0 Å². The Balaban J connectivity index is 1.90. The van der Waals surface area contributed by atoms with Crippen molar-refractivity contribution in [2.45, 2.75) is 51.4 Å². The fraction of sp³-hybridized carbons (Fsp3) is 1.00. The third-order valence-electron chi connectivity index (χ3n) is 3.84. The lowest BCUT2D eigenvalue weighted by Crippen LogP contribution is -2.58. The van der Waals surface area contributed by atoms with Crippen molar-refractivity contribution in [2.24, 2.45) is 5.92 Å². The lowest BCUT2D eigenvalue weighted by Gasteiger charge is -2.27. The number of hydrazine groups is 4. The van der Waals surface area contributed by atoms with Crippen molar-refractivity contribution in [1.29, 1.82) is 0 Å². The van der Waals surface area contributed by atoms with Crippen molar-refractivity contribution in [3.05, 3.63) is 0 Å². The Morgan fingerprint density at radius 2 is 1.47 bits per heavy atom. The monoisotopic (exact) mass is 241 g/mol. The van der Waals surface area contributed by atoms with Gasteiger partial charge >= 0.3 is 0 Å². The summed E-state index contributed by atoms with van der Waals surface area (Å²) >= 11 is 0. The first kappa shape index (κ1) is 13.2. The van der Waals surface area contributed by atoms with Crippen LogP contribution in [0.25, 0.3) is 0 Å². The van der Waals surface area contributed by atoms with Gasteiger partial charge in [-0.1, -0.05) is 25.7 Å². The molecule has 3 fully saturated rings. The van der Waals surface area contributed by atoms with E-state index in [1.165, 1.54) is 51.4 Å². The van der Waals surface area contributed by atoms with E-state index in [1.807, 2.05) is 0 Å². The summed E-state index contributed by atoms with van der Waals surface area (Å²) < 4.78 is 0. The Bertz CT molecular complexity index is 148. The maximum Gasteiger partial charge on any atom is 0.0144 e. The minimum atomic E-state index is 0.833. The Morgan fingerprint density at radius 3 is 2.18 bits per heavy atom. The van der Waals surface area contributed by atoms with Gasteiger partial charge in [-0.2, -0.15) is 16.6 Å². The smallest absolute Gasteiger partial charge is 0.0144 e. The highest BCUT2D eigenvalue weighted by molar-refractivity contribution is 4.65. The van der Waals surface area contributed by atoms with Crippen LogP contribution in [0, 0.1) is 5.92 Å². The zero-order valence-electron chi connectivity index (χ0n) is 10.8.